The fraction of sp³-hybridized carbons (Fsp3) is 0.300. The van der Waals surface area contributed by atoms with Crippen molar-refractivity contribution in [2.75, 3.05) is 0 Å². The summed E-state index contributed by atoms with van der Waals surface area (Å²) in [5.41, 5.74) is 1.84. The van der Waals surface area contributed by atoms with Gasteiger partial charge in [-0.2, -0.15) is 0 Å². The number of rotatable bonds is 0. The molecule has 0 N–H and O–H groups in total. The van der Waals surface area contributed by atoms with Gasteiger partial charge < -0.3 is 0 Å². The van der Waals surface area contributed by atoms with Crippen LogP contribution >= 0.6 is 11.6 Å². The first-order valence-electron chi connectivity index (χ1n) is 4.01. The second kappa shape index (κ2) is 2.60. The highest BCUT2D eigenvalue weighted by atomic mass is 35.5. The van der Waals surface area contributed by atoms with Crippen LogP contribution in [0.25, 0.3) is 0 Å². The Balaban J connectivity index is 2.61. The highest BCUT2D eigenvalue weighted by Crippen LogP contribution is 2.31. The van der Waals surface area contributed by atoms with Gasteiger partial charge in [-0.15, -0.1) is 0 Å². The second-order valence-corrected chi connectivity index (χ2v) is 3.64. The van der Waals surface area contributed by atoms with Gasteiger partial charge in [0.15, 0.2) is 5.78 Å². The van der Waals surface area contributed by atoms with E-state index in [0.29, 0.717) is 0 Å². The summed E-state index contributed by atoms with van der Waals surface area (Å²) in [6.07, 6.45) is 0.799. The summed E-state index contributed by atoms with van der Waals surface area (Å²) in [7, 11) is 0. The van der Waals surface area contributed by atoms with E-state index in [1.165, 1.54) is 0 Å². The number of carbonyl (C=O) groups is 1. The summed E-state index contributed by atoms with van der Waals surface area (Å²) in [6, 6.07) is 5.52. The molecule has 1 unspecified atom stereocenters. The first-order chi connectivity index (χ1) is 5.70. The van der Waals surface area contributed by atoms with Crippen LogP contribution in [0.3, 0.4) is 0 Å². The van der Waals surface area contributed by atoms with Crippen molar-refractivity contribution < 1.29 is 4.79 Å². The summed E-state index contributed by atoms with van der Waals surface area (Å²) in [5, 5.41) is 0.727. The van der Waals surface area contributed by atoms with Crippen LogP contribution in [-0.4, -0.2) is 5.78 Å². The molecule has 0 saturated heterocycles. The third-order valence-electron chi connectivity index (χ3n) is 2.34. The molecule has 0 amide bonds. The molecule has 0 heterocycles. The SMILES string of the molecule is CC1Cc2c(Cl)cccc2C1=O. The van der Waals surface area contributed by atoms with Gasteiger partial charge in [-0.1, -0.05) is 30.7 Å². The second-order valence-electron chi connectivity index (χ2n) is 3.24. The van der Waals surface area contributed by atoms with Gasteiger partial charge in [-0.3, -0.25) is 4.79 Å². The van der Waals surface area contributed by atoms with Gasteiger partial charge in [0, 0.05) is 16.5 Å². The zero-order valence-electron chi connectivity index (χ0n) is 6.80. The molecule has 2 rings (SSSR count). The number of ketones is 1. The first-order valence-corrected chi connectivity index (χ1v) is 4.39. The lowest BCUT2D eigenvalue weighted by Crippen LogP contribution is -2.02. The van der Waals surface area contributed by atoms with Crippen LogP contribution in [-0.2, 0) is 6.42 Å². The maximum Gasteiger partial charge on any atom is 0.166 e. The lowest BCUT2D eigenvalue weighted by molar-refractivity contribution is 0.0946. The van der Waals surface area contributed by atoms with Crippen molar-refractivity contribution in [1.29, 1.82) is 0 Å². The molecule has 0 aliphatic heterocycles. The molecule has 1 aromatic carbocycles. The van der Waals surface area contributed by atoms with E-state index >= 15 is 0 Å². The van der Waals surface area contributed by atoms with E-state index in [4.69, 9.17) is 11.6 Å². The van der Waals surface area contributed by atoms with Crippen molar-refractivity contribution in [1.82, 2.24) is 0 Å². The molecule has 12 heavy (non-hydrogen) atoms. The minimum atomic E-state index is 0.111. The fourth-order valence-electron chi connectivity index (χ4n) is 1.66. The standard InChI is InChI=1S/C10H9ClO/c1-6-5-8-7(10(6)12)3-2-4-9(8)11/h2-4,6H,5H2,1H3. The third kappa shape index (κ3) is 0.969. The highest BCUT2D eigenvalue weighted by molar-refractivity contribution is 6.32. The zero-order valence-corrected chi connectivity index (χ0v) is 7.56. The van der Waals surface area contributed by atoms with Crippen LogP contribution in [0.4, 0.5) is 0 Å². The molecular formula is C10H9ClO. The van der Waals surface area contributed by atoms with Crippen molar-refractivity contribution in [3.05, 3.63) is 34.3 Å². The van der Waals surface area contributed by atoms with Crippen LogP contribution in [0.15, 0.2) is 18.2 Å². The lowest BCUT2D eigenvalue weighted by Gasteiger charge is -1.97. The monoisotopic (exact) mass is 180 g/mol. The molecule has 0 aromatic heterocycles. The van der Waals surface area contributed by atoms with Crippen LogP contribution in [0, 0.1) is 5.92 Å². The molecule has 1 atom stereocenters. The Kier molecular flexibility index (Phi) is 1.69. The van der Waals surface area contributed by atoms with Crippen LogP contribution < -0.4 is 0 Å². The number of fused-ring (bicyclic) bond motifs is 1. The lowest BCUT2D eigenvalue weighted by atomic mass is 10.1. The van der Waals surface area contributed by atoms with Crippen molar-refractivity contribution in [3.8, 4) is 0 Å². The molecule has 0 radical (unpaired) electrons. The summed E-state index contributed by atoms with van der Waals surface area (Å²) >= 11 is 5.95. The maximum atomic E-state index is 11.5. The topological polar surface area (TPSA) is 17.1 Å². The number of hydrogen-bond acceptors (Lipinski definition) is 1. The largest absolute Gasteiger partial charge is 0.294 e. The summed E-state index contributed by atoms with van der Waals surface area (Å²) in [5.74, 6) is 0.340. The molecular weight excluding hydrogens is 172 g/mol. The third-order valence-corrected chi connectivity index (χ3v) is 2.70. The first kappa shape index (κ1) is 7.81. The number of hydrogen-bond donors (Lipinski definition) is 0. The van der Waals surface area contributed by atoms with Gasteiger partial charge >= 0.3 is 0 Å². The quantitative estimate of drug-likeness (QED) is 0.600. The number of carbonyl (C=O) groups excluding carboxylic acids is 1. The Morgan fingerprint density at radius 2 is 2.25 bits per heavy atom. The number of benzene rings is 1. The predicted molar refractivity (Wildman–Crippen MR) is 48.7 cm³/mol. The van der Waals surface area contributed by atoms with Gasteiger partial charge in [-0.05, 0) is 18.1 Å². The molecule has 1 nitrogen and oxygen atoms in total. The van der Waals surface area contributed by atoms with Gasteiger partial charge in [0.25, 0.3) is 0 Å². The Labute approximate surface area is 76.4 Å². The van der Waals surface area contributed by atoms with Crippen LogP contribution in [0.1, 0.15) is 22.8 Å². The fourth-order valence-corrected chi connectivity index (χ4v) is 1.91. The Morgan fingerprint density at radius 1 is 1.50 bits per heavy atom. The maximum absolute atomic E-state index is 11.5. The molecule has 0 spiro atoms. The van der Waals surface area contributed by atoms with Crippen LogP contribution in [0.5, 0.6) is 0 Å². The van der Waals surface area contributed by atoms with Crippen molar-refractivity contribution in [2.45, 2.75) is 13.3 Å². The Hall–Kier alpha value is -0.820. The van der Waals surface area contributed by atoms with E-state index in [9.17, 15) is 4.79 Å². The molecule has 1 aromatic rings. The molecule has 0 saturated carbocycles. The smallest absolute Gasteiger partial charge is 0.166 e. The van der Waals surface area contributed by atoms with Gasteiger partial charge in [-0.25, -0.2) is 0 Å². The van der Waals surface area contributed by atoms with E-state index < -0.39 is 0 Å². The number of Topliss-reactive ketones (excluding diaryl/α,β-unsaturated/α-hetero) is 1. The summed E-state index contributed by atoms with van der Waals surface area (Å²) < 4.78 is 0. The molecule has 0 fully saturated rings. The van der Waals surface area contributed by atoms with Gasteiger partial charge in [0.1, 0.15) is 0 Å². The Bertz CT molecular complexity index is 344. The molecule has 0 bridgehead atoms. The van der Waals surface area contributed by atoms with Gasteiger partial charge in [0.2, 0.25) is 0 Å². The van der Waals surface area contributed by atoms with E-state index in [-0.39, 0.29) is 11.7 Å². The minimum Gasteiger partial charge on any atom is -0.294 e. The van der Waals surface area contributed by atoms with E-state index in [0.717, 1.165) is 22.6 Å². The zero-order chi connectivity index (χ0) is 8.72. The molecule has 1 aliphatic rings. The number of halogens is 1. The van der Waals surface area contributed by atoms with Crippen molar-refractivity contribution in [3.63, 3.8) is 0 Å². The predicted octanol–water partition coefficient (Wildman–Crippen LogP) is 2.71. The molecule has 1 aliphatic carbocycles. The average Bonchev–Trinajstić information content (AvgIpc) is 2.32. The van der Waals surface area contributed by atoms with Crippen LogP contribution in [0.2, 0.25) is 5.02 Å². The van der Waals surface area contributed by atoms with Crippen molar-refractivity contribution >= 4 is 17.4 Å². The molecule has 2 heteroatoms. The minimum absolute atomic E-state index is 0.111. The van der Waals surface area contributed by atoms with E-state index in [2.05, 4.69) is 0 Å². The normalized spacial score (nSPS) is 21.2. The summed E-state index contributed by atoms with van der Waals surface area (Å²) in [4.78, 5) is 11.5. The summed E-state index contributed by atoms with van der Waals surface area (Å²) in [6.45, 7) is 1.94. The van der Waals surface area contributed by atoms with E-state index in [1.54, 1.807) is 0 Å². The van der Waals surface area contributed by atoms with E-state index in [1.807, 2.05) is 25.1 Å². The highest BCUT2D eigenvalue weighted by Gasteiger charge is 2.27. The Morgan fingerprint density at radius 3 is 2.92 bits per heavy atom. The molecule has 62 valence electrons. The van der Waals surface area contributed by atoms with Crippen molar-refractivity contribution in [2.24, 2.45) is 5.92 Å². The average molecular weight is 181 g/mol. The van der Waals surface area contributed by atoms with Gasteiger partial charge in [0.05, 0.1) is 0 Å².